The van der Waals surface area contributed by atoms with Gasteiger partial charge in [-0.05, 0) is 6.07 Å². The van der Waals surface area contributed by atoms with Crippen LogP contribution in [0.2, 0.25) is 0 Å². The van der Waals surface area contributed by atoms with Gasteiger partial charge in [0, 0.05) is 26.8 Å². The first-order chi connectivity index (χ1) is 13.2. The lowest BCUT2D eigenvalue weighted by Crippen LogP contribution is -2.59. The standard InChI is InChI=1S/C17H20N2O9/c1-9(20)26-14-8-25-17(16(28-11(3)22)15(14)27-10(2)21)18-12-6-4-5-7-13(12)19(23)24/h4-7,14-18H,8H2,1-3H3/t14-,15+,16-,17?/m1/s1. The molecule has 0 bridgehead atoms. The second-order valence-electron chi connectivity index (χ2n) is 5.97. The van der Waals surface area contributed by atoms with Gasteiger partial charge in [-0.2, -0.15) is 0 Å². The Kier molecular flexibility index (Phi) is 6.88. The van der Waals surface area contributed by atoms with Crippen molar-refractivity contribution in [2.75, 3.05) is 11.9 Å². The summed E-state index contributed by atoms with van der Waals surface area (Å²) in [5, 5.41) is 14.0. The molecule has 11 heteroatoms. The first-order valence-electron chi connectivity index (χ1n) is 8.32. The van der Waals surface area contributed by atoms with Gasteiger partial charge in [0.1, 0.15) is 5.69 Å². The van der Waals surface area contributed by atoms with Crippen molar-refractivity contribution >= 4 is 29.3 Å². The number of nitro benzene ring substituents is 1. The molecule has 0 aromatic heterocycles. The minimum Gasteiger partial charge on any atom is -0.456 e. The van der Waals surface area contributed by atoms with E-state index in [1.54, 1.807) is 6.07 Å². The maximum Gasteiger partial charge on any atom is 0.303 e. The molecule has 1 aromatic rings. The minimum atomic E-state index is -1.22. The van der Waals surface area contributed by atoms with E-state index in [9.17, 15) is 24.5 Å². The predicted octanol–water partition coefficient (Wildman–Crippen LogP) is 1.16. The van der Waals surface area contributed by atoms with Crippen LogP contribution in [0.3, 0.4) is 0 Å². The highest BCUT2D eigenvalue weighted by atomic mass is 16.6. The summed E-state index contributed by atoms with van der Waals surface area (Å²) in [6.45, 7) is 3.27. The third-order valence-electron chi connectivity index (χ3n) is 3.75. The van der Waals surface area contributed by atoms with Gasteiger partial charge >= 0.3 is 17.9 Å². The van der Waals surface area contributed by atoms with E-state index in [2.05, 4.69) is 5.32 Å². The molecule has 1 aliphatic heterocycles. The van der Waals surface area contributed by atoms with Gasteiger partial charge < -0.3 is 24.3 Å². The highest BCUT2D eigenvalue weighted by Gasteiger charge is 2.47. The Morgan fingerprint density at radius 1 is 1.04 bits per heavy atom. The number of benzene rings is 1. The van der Waals surface area contributed by atoms with Gasteiger partial charge in [0.05, 0.1) is 11.5 Å². The number of nitro groups is 1. The Balaban J connectivity index is 2.34. The molecule has 0 aliphatic carbocycles. The van der Waals surface area contributed by atoms with Crippen LogP contribution < -0.4 is 5.32 Å². The summed E-state index contributed by atoms with van der Waals surface area (Å²) in [6.07, 6.45) is -4.51. The van der Waals surface area contributed by atoms with Crippen molar-refractivity contribution < 1.29 is 38.3 Å². The van der Waals surface area contributed by atoms with Crippen molar-refractivity contribution in [2.45, 2.75) is 45.3 Å². The molecule has 152 valence electrons. The van der Waals surface area contributed by atoms with E-state index in [1.165, 1.54) is 25.1 Å². The van der Waals surface area contributed by atoms with Crippen molar-refractivity contribution in [3.63, 3.8) is 0 Å². The summed E-state index contributed by atoms with van der Waals surface area (Å²) >= 11 is 0. The number of esters is 3. The lowest BCUT2D eigenvalue weighted by atomic mass is 10.0. The fourth-order valence-corrected chi connectivity index (χ4v) is 2.77. The maximum atomic E-state index is 11.6. The Hall–Kier alpha value is -3.21. The van der Waals surface area contributed by atoms with Crippen LogP contribution in [0.25, 0.3) is 0 Å². The maximum absolute atomic E-state index is 11.6. The van der Waals surface area contributed by atoms with Gasteiger partial charge in [0.2, 0.25) is 0 Å². The van der Waals surface area contributed by atoms with Crippen molar-refractivity contribution in [1.29, 1.82) is 0 Å². The molecule has 28 heavy (non-hydrogen) atoms. The molecule has 1 N–H and O–H groups in total. The van der Waals surface area contributed by atoms with Gasteiger partial charge in [-0.3, -0.25) is 24.5 Å². The van der Waals surface area contributed by atoms with Crippen LogP contribution in [-0.2, 0) is 33.3 Å². The summed E-state index contributed by atoms with van der Waals surface area (Å²) < 4.78 is 21.1. The van der Waals surface area contributed by atoms with E-state index < -0.39 is 47.4 Å². The lowest BCUT2D eigenvalue weighted by molar-refractivity contribution is -0.384. The van der Waals surface area contributed by atoms with Crippen LogP contribution in [0, 0.1) is 10.1 Å². The fourth-order valence-electron chi connectivity index (χ4n) is 2.77. The Labute approximate surface area is 160 Å². The summed E-state index contributed by atoms with van der Waals surface area (Å²) in [4.78, 5) is 45.1. The number of hydrogen-bond donors (Lipinski definition) is 1. The van der Waals surface area contributed by atoms with Crippen molar-refractivity contribution in [1.82, 2.24) is 0 Å². The number of rotatable bonds is 6. The van der Waals surface area contributed by atoms with E-state index in [0.717, 1.165) is 13.8 Å². The van der Waals surface area contributed by atoms with Crippen molar-refractivity contribution in [2.24, 2.45) is 0 Å². The first-order valence-corrected chi connectivity index (χ1v) is 8.32. The molecular weight excluding hydrogens is 376 g/mol. The number of nitrogens with zero attached hydrogens (tertiary/aromatic N) is 1. The van der Waals surface area contributed by atoms with E-state index in [0.29, 0.717) is 0 Å². The Morgan fingerprint density at radius 3 is 2.18 bits per heavy atom. The number of para-hydroxylation sites is 2. The predicted molar refractivity (Wildman–Crippen MR) is 93.1 cm³/mol. The summed E-state index contributed by atoms with van der Waals surface area (Å²) in [5.41, 5.74) is -0.110. The molecule has 1 heterocycles. The molecular formula is C17H20N2O9. The first kappa shape index (κ1) is 21.1. The third-order valence-corrected chi connectivity index (χ3v) is 3.75. The van der Waals surface area contributed by atoms with Gasteiger partial charge in [-0.1, -0.05) is 12.1 Å². The zero-order valence-electron chi connectivity index (χ0n) is 15.4. The molecule has 1 aliphatic rings. The number of anilines is 1. The van der Waals surface area contributed by atoms with E-state index >= 15 is 0 Å². The monoisotopic (exact) mass is 396 g/mol. The smallest absolute Gasteiger partial charge is 0.303 e. The highest BCUT2D eigenvalue weighted by molar-refractivity contribution is 5.69. The molecule has 0 amide bonds. The third kappa shape index (κ3) is 5.39. The van der Waals surface area contributed by atoms with Gasteiger partial charge in [-0.25, -0.2) is 0 Å². The van der Waals surface area contributed by atoms with E-state index in [4.69, 9.17) is 18.9 Å². The van der Waals surface area contributed by atoms with E-state index in [1.807, 2.05) is 0 Å². The number of hydrogen-bond acceptors (Lipinski definition) is 10. The summed E-state index contributed by atoms with van der Waals surface area (Å²) in [7, 11) is 0. The van der Waals surface area contributed by atoms with Crippen LogP contribution >= 0.6 is 0 Å². The quantitative estimate of drug-likeness (QED) is 0.322. The molecule has 1 aromatic carbocycles. The average Bonchev–Trinajstić information content (AvgIpc) is 2.59. The molecule has 0 saturated carbocycles. The second kappa shape index (κ2) is 9.13. The Bertz CT molecular complexity index is 767. The number of ether oxygens (including phenoxy) is 4. The second-order valence-corrected chi connectivity index (χ2v) is 5.97. The molecule has 1 fully saturated rings. The molecule has 2 rings (SSSR count). The van der Waals surface area contributed by atoms with Gasteiger partial charge in [-0.15, -0.1) is 0 Å². The minimum absolute atomic E-state index is 0.113. The van der Waals surface area contributed by atoms with Gasteiger partial charge in [0.15, 0.2) is 24.5 Å². The zero-order chi connectivity index (χ0) is 20.8. The van der Waals surface area contributed by atoms with E-state index in [-0.39, 0.29) is 18.0 Å². The Morgan fingerprint density at radius 2 is 1.61 bits per heavy atom. The van der Waals surface area contributed by atoms with Crippen LogP contribution in [0.4, 0.5) is 11.4 Å². The molecule has 1 unspecified atom stereocenters. The van der Waals surface area contributed by atoms with Crippen molar-refractivity contribution in [3.05, 3.63) is 34.4 Å². The SMILES string of the molecule is CC(=O)O[C@H]1[C@H](OC(C)=O)COC(Nc2ccccc2[N+](=O)[O-])[C@@H]1OC(C)=O. The van der Waals surface area contributed by atoms with Crippen LogP contribution in [-0.4, -0.2) is 54.0 Å². The molecule has 0 spiro atoms. The van der Waals surface area contributed by atoms with Crippen molar-refractivity contribution in [3.8, 4) is 0 Å². The summed E-state index contributed by atoms with van der Waals surface area (Å²) in [6, 6.07) is 5.81. The highest BCUT2D eigenvalue weighted by Crippen LogP contribution is 2.29. The normalized spacial score (nSPS) is 24.0. The summed E-state index contributed by atoms with van der Waals surface area (Å²) in [5.74, 6) is -2.04. The fraction of sp³-hybridized carbons (Fsp3) is 0.471. The van der Waals surface area contributed by atoms with Crippen LogP contribution in [0.1, 0.15) is 20.8 Å². The average molecular weight is 396 g/mol. The van der Waals surface area contributed by atoms with Crippen LogP contribution in [0.5, 0.6) is 0 Å². The zero-order valence-corrected chi connectivity index (χ0v) is 15.4. The molecule has 11 nitrogen and oxygen atoms in total. The number of nitrogens with one attached hydrogen (secondary N) is 1. The lowest BCUT2D eigenvalue weighted by Gasteiger charge is -2.40. The number of carbonyl (C=O) groups is 3. The largest absolute Gasteiger partial charge is 0.456 e. The van der Waals surface area contributed by atoms with Gasteiger partial charge in [0.25, 0.3) is 5.69 Å². The molecule has 1 saturated heterocycles. The molecule has 0 radical (unpaired) electrons. The topological polar surface area (TPSA) is 143 Å². The van der Waals surface area contributed by atoms with Crippen LogP contribution in [0.15, 0.2) is 24.3 Å². The molecule has 4 atom stereocenters. The number of carbonyl (C=O) groups excluding carboxylic acids is 3.